The molecule has 1 aliphatic heterocycles. The van der Waals surface area contributed by atoms with Gasteiger partial charge in [-0.25, -0.2) is 8.42 Å². The van der Waals surface area contributed by atoms with Crippen LogP contribution in [0.5, 0.6) is 5.75 Å². The maximum Gasteiger partial charge on any atom is 0.153 e. The van der Waals surface area contributed by atoms with Crippen LogP contribution in [-0.4, -0.2) is 42.5 Å². The van der Waals surface area contributed by atoms with Crippen LogP contribution < -0.4 is 0 Å². The molecule has 1 fully saturated rings. The molecule has 5 heteroatoms. The van der Waals surface area contributed by atoms with E-state index in [0.717, 1.165) is 23.2 Å². The van der Waals surface area contributed by atoms with Crippen LogP contribution in [0, 0.1) is 13.8 Å². The molecule has 0 saturated carbocycles. The van der Waals surface area contributed by atoms with Gasteiger partial charge in [0.2, 0.25) is 0 Å². The van der Waals surface area contributed by atoms with Gasteiger partial charge in [-0.05, 0) is 37.5 Å². The second kappa shape index (κ2) is 5.13. The normalized spacial score (nSPS) is 23.4. The van der Waals surface area contributed by atoms with Crippen molar-refractivity contribution in [1.29, 1.82) is 0 Å². The van der Waals surface area contributed by atoms with E-state index in [4.69, 9.17) is 0 Å². The number of benzene rings is 1. The van der Waals surface area contributed by atoms with Gasteiger partial charge in [0.15, 0.2) is 9.84 Å². The molecule has 0 bridgehead atoms. The molecule has 2 rings (SSSR count). The van der Waals surface area contributed by atoms with Gasteiger partial charge in [-0.2, -0.15) is 0 Å². The number of aryl methyl sites for hydroxylation is 2. The summed E-state index contributed by atoms with van der Waals surface area (Å²) in [6.07, 6.45) is 0. The minimum atomic E-state index is -2.86. The van der Waals surface area contributed by atoms with Crippen molar-refractivity contribution in [2.45, 2.75) is 33.4 Å². The van der Waals surface area contributed by atoms with Crippen LogP contribution in [0.25, 0.3) is 0 Å². The third kappa shape index (κ3) is 3.28. The minimum Gasteiger partial charge on any atom is -0.507 e. The minimum absolute atomic E-state index is 0.0492. The monoisotopic (exact) mass is 283 g/mol. The van der Waals surface area contributed by atoms with Gasteiger partial charge in [0.1, 0.15) is 5.75 Å². The molecule has 1 heterocycles. The first-order valence-corrected chi connectivity index (χ1v) is 8.34. The number of hydrogen-bond donors (Lipinski definition) is 1. The number of phenolic OH excluding ortho intramolecular Hbond substituents is 1. The zero-order chi connectivity index (χ0) is 14.2. The summed E-state index contributed by atoms with van der Waals surface area (Å²) in [4.78, 5) is 2.19. The summed E-state index contributed by atoms with van der Waals surface area (Å²) in [5.41, 5.74) is 2.86. The lowest BCUT2D eigenvalue weighted by atomic mass is 10.0. The molecular formula is C14H21NO3S. The fraction of sp³-hybridized carbons (Fsp3) is 0.571. The zero-order valence-corrected chi connectivity index (χ0v) is 12.5. The highest BCUT2D eigenvalue weighted by Gasteiger charge is 2.28. The second-order valence-electron chi connectivity index (χ2n) is 5.51. The molecule has 1 aliphatic rings. The molecule has 0 radical (unpaired) electrons. The number of aromatic hydroxyl groups is 1. The van der Waals surface area contributed by atoms with E-state index in [2.05, 4.69) is 4.90 Å². The summed E-state index contributed by atoms with van der Waals surface area (Å²) in [7, 11) is -2.86. The fourth-order valence-electron chi connectivity index (χ4n) is 2.64. The van der Waals surface area contributed by atoms with Gasteiger partial charge >= 0.3 is 0 Å². The van der Waals surface area contributed by atoms with E-state index >= 15 is 0 Å². The Kier molecular flexibility index (Phi) is 3.87. The molecule has 19 heavy (non-hydrogen) atoms. The van der Waals surface area contributed by atoms with Gasteiger partial charge in [0.05, 0.1) is 11.5 Å². The van der Waals surface area contributed by atoms with Crippen LogP contribution in [-0.2, 0) is 16.4 Å². The predicted molar refractivity (Wildman–Crippen MR) is 76.1 cm³/mol. The maximum absolute atomic E-state index is 11.6. The average molecular weight is 283 g/mol. The van der Waals surface area contributed by atoms with E-state index in [1.54, 1.807) is 0 Å². The molecule has 0 amide bonds. The first-order valence-electron chi connectivity index (χ1n) is 6.52. The highest BCUT2D eigenvalue weighted by Crippen LogP contribution is 2.24. The molecule has 1 atom stereocenters. The Hall–Kier alpha value is -1.07. The van der Waals surface area contributed by atoms with Crippen molar-refractivity contribution in [2.75, 3.05) is 18.1 Å². The molecule has 0 spiro atoms. The van der Waals surface area contributed by atoms with Crippen molar-refractivity contribution in [3.8, 4) is 5.75 Å². The Morgan fingerprint density at radius 2 is 1.89 bits per heavy atom. The van der Waals surface area contributed by atoms with Gasteiger partial charge in [-0.15, -0.1) is 0 Å². The van der Waals surface area contributed by atoms with E-state index in [-0.39, 0.29) is 17.5 Å². The number of phenols is 1. The second-order valence-corrected chi connectivity index (χ2v) is 7.74. The molecule has 1 aromatic carbocycles. The summed E-state index contributed by atoms with van der Waals surface area (Å²) in [5, 5.41) is 9.76. The molecular weight excluding hydrogens is 262 g/mol. The molecule has 4 nitrogen and oxygen atoms in total. The molecule has 0 aliphatic carbocycles. The van der Waals surface area contributed by atoms with Crippen molar-refractivity contribution >= 4 is 9.84 Å². The van der Waals surface area contributed by atoms with E-state index in [1.165, 1.54) is 0 Å². The lowest BCUT2D eigenvalue weighted by molar-refractivity contribution is 0.218. The smallest absolute Gasteiger partial charge is 0.153 e. The fourth-order valence-corrected chi connectivity index (χ4v) is 4.26. The standard InChI is InChI=1S/C14H21NO3S/c1-10-6-13(7-11(2)14(10)16)8-15-4-5-19(17,18)9-12(15)3/h6-7,12,16H,4-5,8-9H2,1-3H3. The highest BCUT2D eigenvalue weighted by atomic mass is 32.2. The predicted octanol–water partition coefficient (Wildman–Crippen LogP) is 1.63. The van der Waals surface area contributed by atoms with Crippen LogP contribution in [0.4, 0.5) is 0 Å². The third-order valence-electron chi connectivity index (χ3n) is 3.74. The Bertz CT molecular complexity index is 557. The van der Waals surface area contributed by atoms with Crippen LogP contribution in [0.15, 0.2) is 12.1 Å². The summed E-state index contributed by atoms with van der Waals surface area (Å²) in [6, 6.07) is 3.99. The van der Waals surface area contributed by atoms with Crippen molar-refractivity contribution in [1.82, 2.24) is 4.90 Å². The van der Waals surface area contributed by atoms with Crippen LogP contribution in [0.1, 0.15) is 23.6 Å². The lowest BCUT2D eigenvalue weighted by Gasteiger charge is -2.33. The largest absolute Gasteiger partial charge is 0.507 e. The quantitative estimate of drug-likeness (QED) is 0.896. The average Bonchev–Trinajstić information content (AvgIpc) is 2.29. The topological polar surface area (TPSA) is 57.6 Å². The molecule has 1 aromatic rings. The first kappa shape index (κ1) is 14.3. The summed E-state index contributed by atoms with van der Waals surface area (Å²) < 4.78 is 23.1. The SMILES string of the molecule is Cc1cc(CN2CCS(=O)(=O)CC2C)cc(C)c1O. The number of nitrogens with zero attached hydrogens (tertiary/aromatic N) is 1. The summed E-state index contributed by atoms with van der Waals surface area (Å²) >= 11 is 0. The highest BCUT2D eigenvalue weighted by molar-refractivity contribution is 7.91. The molecule has 0 aromatic heterocycles. The Morgan fingerprint density at radius 3 is 2.42 bits per heavy atom. The van der Waals surface area contributed by atoms with Gasteiger partial charge in [-0.3, -0.25) is 4.90 Å². The number of sulfone groups is 1. The Morgan fingerprint density at radius 1 is 1.32 bits per heavy atom. The maximum atomic E-state index is 11.6. The summed E-state index contributed by atoms with van der Waals surface area (Å²) in [6.45, 7) is 7.05. The molecule has 1 unspecified atom stereocenters. The number of hydrogen-bond acceptors (Lipinski definition) is 4. The van der Waals surface area contributed by atoms with Crippen LogP contribution >= 0.6 is 0 Å². The van der Waals surface area contributed by atoms with E-state index in [1.807, 2.05) is 32.9 Å². The van der Waals surface area contributed by atoms with E-state index in [9.17, 15) is 13.5 Å². The van der Waals surface area contributed by atoms with E-state index < -0.39 is 9.84 Å². The van der Waals surface area contributed by atoms with Crippen molar-refractivity contribution in [3.63, 3.8) is 0 Å². The van der Waals surface area contributed by atoms with Crippen LogP contribution in [0.3, 0.4) is 0 Å². The van der Waals surface area contributed by atoms with Gasteiger partial charge in [0, 0.05) is 19.1 Å². The van der Waals surface area contributed by atoms with E-state index in [0.29, 0.717) is 12.3 Å². The van der Waals surface area contributed by atoms with Gasteiger partial charge < -0.3 is 5.11 Å². The molecule has 1 N–H and O–H groups in total. The number of rotatable bonds is 2. The van der Waals surface area contributed by atoms with Gasteiger partial charge in [-0.1, -0.05) is 12.1 Å². The van der Waals surface area contributed by atoms with Gasteiger partial charge in [0.25, 0.3) is 0 Å². The molecule has 106 valence electrons. The zero-order valence-electron chi connectivity index (χ0n) is 11.7. The summed E-state index contributed by atoms with van der Waals surface area (Å²) in [5.74, 6) is 0.828. The van der Waals surface area contributed by atoms with Crippen molar-refractivity contribution in [2.24, 2.45) is 0 Å². The first-order chi connectivity index (χ1) is 8.78. The Labute approximate surface area is 115 Å². The molecule has 1 saturated heterocycles. The lowest BCUT2D eigenvalue weighted by Crippen LogP contribution is -2.46. The van der Waals surface area contributed by atoms with Crippen molar-refractivity contribution < 1.29 is 13.5 Å². The van der Waals surface area contributed by atoms with Crippen LogP contribution in [0.2, 0.25) is 0 Å². The van der Waals surface area contributed by atoms with Crippen molar-refractivity contribution in [3.05, 3.63) is 28.8 Å². The Balaban J connectivity index is 2.14. The third-order valence-corrected chi connectivity index (χ3v) is 5.54.